The molecule has 2 aliphatic rings. The van der Waals surface area contributed by atoms with Crippen molar-refractivity contribution in [2.45, 2.75) is 30.9 Å². The SMILES string of the molecule is O=C(Nc1cc(C(F)(F)F)ccc1Cl)c1cc2n(n1)[C@H](C(F)(F)F)C[C@H](c1ccc3c(c1)OCO3)N2. The molecule has 0 fully saturated rings. The molecule has 0 aliphatic carbocycles. The summed E-state index contributed by atoms with van der Waals surface area (Å²) in [4.78, 5) is 12.7. The number of nitrogens with one attached hydrogen (secondary N) is 2. The summed E-state index contributed by atoms with van der Waals surface area (Å²) in [5.41, 5.74) is -1.35. The summed E-state index contributed by atoms with van der Waals surface area (Å²) in [5, 5.41) is 8.73. The average Bonchev–Trinajstić information content (AvgIpc) is 3.44. The van der Waals surface area contributed by atoms with Crippen LogP contribution in [0, 0.1) is 0 Å². The zero-order chi connectivity index (χ0) is 25.8. The molecular weight excluding hydrogens is 518 g/mol. The number of rotatable bonds is 3. The van der Waals surface area contributed by atoms with Crippen LogP contribution in [-0.2, 0) is 6.18 Å². The number of hydrogen-bond acceptors (Lipinski definition) is 5. The fourth-order valence-corrected chi connectivity index (χ4v) is 4.18. The van der Waals surface area contributed by atoms with Crippen LogP contribution in [0.15, 0.2) is 42.5 Å². The zero-order valence-electron chi connectivity index (χ0n) is 17.9. The van der Waals surface area contributed by atoms with E-state index in [2.05, 4.69) is 15.7 Å². The highest BCUT2D eigenvalue weighted by Gasteiger charge is 2.47. The Morgan fingerprint density at radius 3 is 2.53 bits per heavy atom. The van der Waals surface area contributed by atoms with Gasteiger partial charge in [-0.1, -0.05) is 17.7 Å². The van der Waals surface area contributed by atoms with Crippen molar-refractivity contribution < 1.29 is 40.6 Å². The van der Waals surface area contributed by atoms with E-state index >= 15 is 0 Å². The van der Waals surface area contributed by atoms with Crippen molar-refractivity contribution in [3.05, 3.63) is 64.3 Å². The van der Waals surface area contributed by atoms with E-state index in [0.29, 0.717) is 27.8 Å². The van der Waals surface area contributed by atoms with Crippen molar-refractivity contribution in [1.82, 2.24) is 9.78 Å². The molecule has 0 saturated carbocycles. The van der Waals surface area contributed by atoms with Crippen LogP contribution < -0.4 is 20.1 Å². The van der Waals surface area contributed by atoms with Crippen LogP contribution in [-0.4, -0.2) is 28.7 Å². The van der Waals surface area contributed by atoms with Gasteiger partial charge in [-0.2, -0.15) is 31.4 Å². The molecule has 2 aromatic carbocycles. The van der Waals surface area contributed by atoms with Crippen molar-refractivity contribution in [3.8, 4) is 11.5 Å². The minimum Gasteiger partial charge on any atom is -0.454 e. The number of hydrogen-bond donors (Lipinski definition) is 2. The fraction of sp³-hybridized carbons (Fsp3) is 0.273. The molecule has 3 aromatic rings. The third kappa shape index (κ3) is 4.50. The molecule has 0 unspecified atom stereocenters. The van der Waals surface area contributed by atoms with Gasteiger partial charge in [-0.15, -0.1) is 0 Å². The lowest BCUT2D eigenvalue weighted by Gasteiger charge is -2.33. The van der Waals surface area contributed by atoms with Crippen molar-refractivity contribution >= 4 is 29.0 Å². The minimum absolute atomic E-state index is 0.00317. The Labute approximate surface area is 203 Å². The fourth-order valence-electron chi connectivity index (χ4n) is 4.02. The van der Waals surface area contributed by atoms with E-state index in [9.17, 15) is 31.1 Å². The molecule has 3 heterocycles. The normalized spacial score (nSPS) is 19.0. The molecule has 1 aromatic heterocycles. The van der Waals surface area contributed by atoms with Crippen LogP contribution in [0.1, 0.15) is 40.1 Å². The van der Waals surface area contributed by atoms with Gasteiger partial charge in [-0.25, -0.2) is 4.68 Å². The molecule has 0 radical (unpaired) electrons. The third-order valence-corrected chi connectivity index (χ3v) is 6.09. The lowest BCUT2D eigenvalue weighted by molar-refractivity contribution is -0.173. The first-order valence-electron chi connectivity index (χ1n) is 10.4. The molecule has 190 valence electrons. The second-order valence-electron chi connectivity index (χ2n) is 8.11. The highest BCUT2D eigenvalue weighted by atomic mass is 35.5. The third-order valence-electron chi connectivity index (χ3n) is 5.76. The lowest BCUT2D eigenvalue weighted by Crippen LogP contribution is -2.35. The van der Waals surface area contributed by atoms with Crippen LogP contribution in [0.3, 0.4) is 0 Å². The van der Waals surface area contributed by atoms with E-state index in [4.69, 9.17) is 21.1 Å². The molecule has 7 nitrogen and oxygen atoms in total. The average molecular weight is 533 g/mol. The van der Waals surface area contributed by atoms with Gasteiger partial charge in [-0.05, 0) is 35.9 Å². The molecule has 0 spiro atoms. The largest absolute Gasteiger partial charge is 0.454 e. The maximum Gasteiger partial charge on any atom is 0.416 e. The number of alkyl halides is 6. The Hall–Kier alpha value is -3.61. The first kappa shape index (κ1) is 24.1. The highest BCUT2D eigenvalue weighted by molar-refractivity contribution is 6.33. The maximum atomic E-state index is 13.9. The van der Waals surface area contributed by atoms with E-state index in [1.165, 1.54) is 0 Å². The van der Waals surface area contributed by atoms with Crippen LogP contribution in [0.2, 0.25) is 5.02 Å². The van der Waals surface area contributed by atoms with Crippen LogP contribution in [0.5, 0.6) is 11.5 Å². The van der Waals surface area contributed by atoms with Gasteiger partial charge in [0.1, 0.15) is 5.82 Å². The van der Waals surface area contributed by atoms with Gasteiger partial charge in [0.2, 0.25) is 6.79 Å². The van der Waals surface area contributed by atoms with Crippen molar-refractivity contribution in [2.24, 2.45) is 0 Å². The van der Waals surface area contributed by atoms with Gasteiger partial charge in [0, 0.05) is 12.5 Å². The number of halogens is 7. The first-order valence-corrected chi connectivity index (χ1v) is 10.8. The topological polar surface area (TPSA) is 77.4 Å². The number of fused-ring (bicyclic) bond motifs is 2. The standard InChI is InChI=1S/C22H15ClF6N4O3/c23-12-3-2-11(21(24,25)26)6-14(12)31-20(34)15-8-19-30-13(7-18(22(27,28)29)33(19)32-15)10-1-4-16-17(5-10)36-9-35-16/h1-6,8,13,18,30H,7,9H2,(H,31,34)/t13-,18+/m1/s1. The van der Waals surface area contributed by atoms with E-state index in [0.717, 1.165) is 18.2 Å². The minimum atomic E-state index is -4.70. The first-order chi connectivity index (χ1) is 16.9. The molecule has 1 amide bonds. The van der Waals surface area contributed by atoms with E-state index in [1.807, 2.05) is 0 Å². The number of nitrogens with zero attached hydrogens (tertiary/aromatic N) is 2. The van der Waals surface area contributed by atoms with Crippen LogP contribution in [0.25, 0.3) is 0 Å². The van der Waals surface area contributed by atoms with Crippen molar-refractivity contribution in [3.63, 3.8) is 0 Å². The van der Waals surface area contributed by atoms with Crippen molar-refractivity contribution in [1.29, 1.82) is 0 Å². The molecule has 0 bridgehead atoms. The smallest absolute Gasteiger partial charge is 0.416 e. The Morgan fingerprint density at radius 1 is 1.06 bits per heavy atom. The van der Waals surface area contributed by atoms with Crippen molar-refractivity contribution in [2.75, 3.05) is 17.4 Å². The Kier molecular flexibility index (Phi) is 5.69. The molecule has 0 saturated heterocycles. The summed E-state index contributed by atoms with van der Waals surface area (Å²) in [6.07, 6.45) is -9.82. The zero-order valence-corrected chi connectivity index (χ0v) is 18.6. The predicted octanol–water partition coefficient (Wildman–Crippen LogP) is 6.20. The van der Waals surface area contributed by atoms with Crippen LogP contribution in [0.4, 0.5) is 37.8 Å². The molecule has 36 heavy (non-hydrogen) atoms. The molecule has 14 heteroatoms. The number of carbonyl (C=O) groups excluding carboxylic acids is 1. The Morgan fingerprint density at radius 2 is 1.81 bits per heavy atom. The molecule has 2 atom stereocenters. The van der Waals surface area contributed by atoms with Gasteiger partial charge < -0.3 is 20.1 Å². The quantitative estimate of drug-likeness (QED) is 0.393. The predicted molar refractivity (Wildman–Crippen MR) is 115 cm³/mol. The summed E-state index contributed by atoms with van der Waals surface area (Å²) in [5.74, 6) is -0.249. The van der Waals surface area contributed by atoms with E-state index in [1.54, 1.807) is 18.2 Å². The van der Waals surface area contributed by atoms with Gasteiger partial charge >= 0.3 is 12.4 Å². The number of aromatic nitrogens is 2. The molecule has 2 N–H and O–H groups in total. The summed E-state index contributed by atoms with van der Waals surface area (Å²) >= 11 is 5.90. The van der Waals surface area contributed by atoms with E-state index in [-0.39, 0.29) is 23.3 Å². The van der Waals surface area contributed by atoms with Gasteiger partial charge in [0.15, 0.2) is 23.2 Å². The second-order valence-corrected chi connectivity index (χ2v) is 8.52. The Balaban J connectivity index is 1.44. The van der Waals surface area contributed by atoms with Gasteiger partial charge in [-0.3, -0.25) is 4.79 Å². The van der Waals surface area contributed by atoms with Crippen LogP contribution >= 0.6 is 11.6 Å². The summed E-state index contributed by atoms with van der Waals surface area (Å²) in [6, 6.07) is 5.31. The second kappa shape index (κ2) is 8.50. The highest BCUT2D eigenvalue weighted by Crippen LogP contribution is 2.45. The number of carbonyl (C=O) groups is 1. The van der Waals surface area contributed by atoms with Gasteiger partial charge in [0.25, 0.3) is 5.91 Å². The summed E-state index contributed by atoms with van der Waals surface area (Å²) < 4.78 is 92.0. The lowest BCUT2D eigenvalue weighted by atomic mass is 9.96. The molecule has 5 rings (SSSR count). The number of amides is 1. The number of anilines is 2. The monoisotopic (exact) mass is 532 g/mol. The van der Waals surface area contributed by atoms with E-state index < -0.39 is 48.0 Å². The molecule has 2 aliphatic heterocycles. The Bertz CT molecular complexity index is 1340. The number of benzene rings is 2. The summed E-state index contributed by atoms with van der Waals surface area (Å²) in [6.45, 7) is 0.00317. The molecular formula is C22H15ClF6N4O3. The summed E-state index contributed by atoms with van der Waals surface area (Å²) in [7, 11) is 0. The number of ether oxygens (including phenoxy) is 2. The maximum absolute atomic E-state index is 13.9. The van der Waals surface area contributed by atoms with Gasteiger partial charge in [0.05, 0.1) is 22.3 Å².